The second-order valence-electron chi connectivity index (χ2n) is 5.52. The smallest absolute Gasteiger partial charge is 0.255 e. The van der Waals surface area contributed by atoms with E-state index in [1.807, 2.05) is 11.0 Å². The summed E-state index contributed by atoms with van der Waals surface area (Å²) in [6.45, 7) is 4.56. The zero-order valence-corrected chi connectivity index (χ0v) is 10.6. The highest BCUT2D eigenvalue weighted by molar-refractivity contribution is 5.94. The van der Waals surface area contributed by atoms with Crippen LogP contribution in [0, 0.1) is 5.92 Å². The van der Waals surface area contributed by atoms with Crippen LogP contribution in [0.4, 0.5) is 0 Å². The van der Waals surface area contributed by atoms with E-state index in [4.69, 9.17) is 4.74 Å². The summed E-state index contributed by atoms with van der Waals surface area (Å²) in [6, 6.07) is 3.62. The molecule has 96 valence electrons. The Balaban J connectivity index is 1.71. The first-order valence-electron chi connectivity index (χ1n) is 6.52. The van der Waals surface area contributed by atoms with Gasteiger partial charge in [0, 0.05) is 18.9 Å². The van der Waals surface area contributed by atoms with E-state index in [0.29, 0.717) is 11.5 Å². The minimum absolute atomic E-state index is 0.0721. The van der Waals surface area contributed by atoms with Gasteiger partial charge in [0.2, 0.25) is 0 Å². The molecule has 1 amide bonds. The molecule has 3 rings (SSSR count). The molecule has 0 saturated carbocycles. The molecule has 4 heteroatoms. The average Bonchev–Trinajstić information content (AvgIpc) is 2.97. The normalized spacial score (nSPS) is 31.2. The molecule has 0 aliphatic carbocycles. The summed E-state index contributed by atoms with van der Waals surface area (Å²) in [7, 11) is 0. The largest absolute Gasteiger partial charge is 0.373 e. The first-order valence-corrected chi connectivity index (χ1v) is 6.52. The van der Waals surface area contributed by atoms with E-state index in [9.17, 15) is 4.79 Å². The third-order valence-electron chi connectivity index (χ3n) is 3.91. The van der Waals surface area contributed by atoms with Crippen molar-refractivity contribution in [2.45, 2.75) is 25.4 Å². The first kappa shape index (κ1) is 11.7. The summed E-state index contributed by atoms with van der Waals surface area (Å²) in [5, 5.41) is 0. The van der Waals surface area contributed by atoms with Crippen molar-refractivity contribution in [3.8, 4) is 0 Å². The molecule has 0 radical (unpaired) electrons. The van der Waals surface area contributed by atoms with Gasteiger partial charge in [0.1, 0.15) is 0 Å². The number of aromatic nitrogens is 1. The lowest BCUT2D eigenvalue weighted by molar-refractivity contribution is 0.0118. The maximum atomic E-state index is 12.3. The lowest BCUT2D eigenvalue weighted by Crippen LogP contribution is -2.35. The number of carbonyl (C=O) groups excluding carboxylic acids is 1. The van der Waals surface area contributed by atoms with Gasteiger partial charge in [0.05, 0.1) is 24.3 Å². The summed E-state index contributed by atoms with van der Waals surface area (Å²) < 4.78 is 5.92. The lowest BCUT2D eigenvalue weighted by Gasteiger charge is -2.23. The minimum Gasteiger partial charge on any atom is -0.373 e. The van der Waals surface area contributed by atoms with Gasteiger partial charge in [-0.05, 0) is 30.9 Å². The standard InChI is InChI=1S/C14H18N2O2/c1-11-7-14(18-9-11)4-6-16(10-14)13(17)12-3-2-5-15-8-12/h2-3,5,8,11H,4,6-7,9-10H2,1H3/t11-,14-/m0/s1. The topological polar surface area (TPSA) is 42.4 Å². The van der Waals surface area contributed by atoms with E-state index in [1.54, 1.807) is 18.5 Å². The van der Waals surface area contributed by atoms with E-state index in [0.717, 1.165) is 32.5 Å². The second kappa shape index (κ2) is 4.35. The van der Waals surface area contributed by atoms with Crippen molar-refractivity contribution in [3.05, 3.63) is 30.1 Å². The van der Waals surface area contributed by atoms with Crippen molar-refractivity contribution in [3.63, 3.8) is 0 Å². The molecule has 2 saturated heterocycles. The Bertz CT molecular complexity index is 448. The van der Waals surface area contributed by atoms with Gasteiger partial charge in [0.25, 0.3) is 5.91 Å². The van der Waals surface area contributed by atoms with Crippen LogP contribution in [0.1, 0.15) is 30.1 Å². The molecule has 0 unspecified atom stereocenters. The van der Waals surface area contributed by atoms with E-state index < -0.39 is 0 Å². The molecule has 2 aliphatic rings. The van der Waals surface area contributed by atoms with Crippen LogP contribution in [0.3, 0.4) is 0 Å². The summed E-state index contributed by atoms with van der Waals surface area (Å²) in [5.74, 6) is 0.682. The Hall–Kier alpha value is -1.42. The van der Waals surface area contributed by atoms with Crippen LogP contribution in [0.25, 0.3) is 0 Å². The number of ether oxygens (including phenoxy) is 1. The van der Waals surface area contributed by atoms with Gasteiger partial charge in [-0.15, -0.1) is 0 Å². The number of amides is 1. The Morgan fingerprint density at radius 3 is 3.17 bits per heavy atom. The van der Waals surface area contributed by atoms with Gasteiger partial charge < -0.3 is 9.64 Å². The van der Waals surface area contributed by atoms with Gasteiger partial charge in [-0.1, -0.05) is 6.92 Å². The minimum atomic E-state index is -0.0721. The number of hydrogen-bond acceptors (Lipinski definition) is 3. The summed E-state index contributed by atoms with van der Waals surface area (Å²) in [4.78, 5) is 18.2. The molecule has 1 aromatic heterocycles. The monoisotopic (exact) mass is 246 g/mol. The van der Waals surface area contributed by atoms with Gasteiger partial charge in [-0.25, -0.2) is 0 Å². The Morgan fingerprint density at radius 1 is 1.61 bits per heavy atom. The van der Waals surface area contributed by atoms with Gasteiger partial charge in [-0.3, -0.25) is 9.78 Å². The van der Waals surface area contributed by atoms with Gasteiger partial charge in [-0.2, -0.15) is 0 Å². The average molecular weight is 246 g/mol. The van der Waals surface area contributed by atoms with E-state index in [-0.39, 0.29) is 11.5 Å². The van der Waals surface area contributed by atoms with Crippen LogP contribution < -0.4 is 0 Å². The fourth-order valence-electron chi connectivity index (χ4n) is 3.05. The highest BCUT2D eigenvalue weighted by Crippen LogP contribution is 2.37. The number of likely N-dealkylation sites (tertiary alicyclic amines) is 1. The fraction of sp³-hybridized carbons (Fsp3) is 0.571. The second-order valence-corrected chi connectivity index (χ2v) is 5.52. The molecule has 4 nitrogen and oxygen atoms in total. The summed E-state index contributed by atoms with van der Waals surface area (Å²) >= 11 is 0. The SMILES string of the molecule is C[C@@H]1CO[C@@]2(CCN(C(=O)c3cccnc3)C2)C1. The molecule has 0 bridgehead atoms. The van der Waals surface area contributed by atoms with E-state index in [2.05, 4.69) is 11.9 Å². The molecular formula is C14H18N2O2. The molecule has 18 heavy (non-hydrogen) atoms. The molecular weight excluding hydrogens is 228 g/mol. The molecule has 1 aromatic rings. The quantitative estimate of drug-likeness (QED) is 0.757. The lowest BCUT2D eigenvalue weighted by atomic mass is 9.94. The van der Waals surface area contributed by atoms with Crippen molar-refractivity contribution in [1.29, 1.82) is 0 Å². The summed E-state index contributed by atoms with van der Waals surface area (Å²) in [6.07, 6.45) is 5.35. The Labute approximate surface area is 107 Å². The van der Waals surface area contributed by atoms with Crippen LogP contribution in [0.5, 0.6) is 0 Å². The van der Waals surface area contributed by atoms with Crippen LogP contribution in [0.15, 0.2) is 24.5 Å². The molecule has 1 spiro atoms. The zero-order valence-electron chi connectivity index (χ0n) is 10.6. The van der Waals surface area contributed by atoms with Crippen LogP contribution in [-0.2, 0) is 4.74 Å². The van der Waals surface area contributed by atoms with Crippen molar-refractivity contribution >= 4 is 5.91 Å². The first-order chi connectivity index (χ1) is 8.69. The molecule has 3 heterocycles. The molecule has 0 N–H and O–H groups in total. The Morgan fingerprint density at radius 2 is 2.50 bits per heavy atom. The number of rotatable bonds is 1. The van der Waals surface area contributed by atoms with E-state index in [1.165, 1.54) is 0 Å². The molecule has 2 aliphatic heterocycles. The van der Waals surface area contributed by atoms with Crippen molar-refractivity contribution < 1.29 is 9.53 Å². The van der Waals surface area contributed by atoms with Gasteiger partial charge >= 0.3 is 0 Å². The molecule has 2 atom stereocenters. The predicted octanol–water partition coefficient (Wildman–Crippen LogP) is 1.72. The summed E-state index contributed by atoms with van der Waals surface area (Å²) in [5.41, 5.74) is 0.595. The highest BCUT2D eigenvalue weighted by Gasteiger charge is 2.45. The third kappa shape index (κ3) is 2.01. The fourth-order valence-corrected chi connectivity index (χ4v) is 3.05. The van der Waals surface area contributed by atoms with Crippen molar-refractivity contribution in [2.75, 3.05) is 19.7 Å². The van der Waals surface area contributed by atoms with Crippen LogP contribution in [0.2, 0.25) is 0 Å². The number of hydrogen-bond donors (Lipinski definition) is 0. The molecule has 0 aromatic carbocycles. The highest BCUT2D eigenvalue weighted by atomic mass is 16.5. The third-order valence-corrected chi connectivity index (χ3v) is 3.91. The Kier molecular flexibility index (Phi) is 2.82. The van der Waals surface area contributed by atoms with E-state index >= 15 is 0 Å². The maximum Gasteiger partial charge on any atom is 0.255 e. The number of pyridine rings is 1. The van der Waals surface area contributed by atoms with Crippen LogP contribution in [-0.4, -0.2) is 41.1 Å². The van der Waals surface area contributed by atoms with Crippen molar-refractivity contribution in [2.24, 2.45) is 5.92 Å². The number of carbonyl (C=O) groups is 1. The van der Waals surface area contributed by atoms with Crippen molar-refractivity contribution in [1.82, 2.24) is 9.88 Å². The zero-order chi connectivity index (χ0) is 12.6. The maximum absolute atomic E-state index is 12.3. The molecule has 2 fully saturated rings. The van der Waals surface area contributed by atoms with Gasteiger partial charge in [0.15, 0.2) is 0 Å². The predicted molar refractivity (Wildman–Crippen MR) is 67.2 cm³/mol. The van der Waals surface area contributed by atoms with Crippen LogP contribution >= 0.6 is 0 Å². The number of nitrogens with zero attached hydrogens (tertiary/aromatic N) is 2.